The number of carbonyl (C=O) groups excluding carboxylic acids is 2. The number of piperazine rings is 1. The lowest BCUT2D eigenvalue weighted by Gasteiger charge is -2.34. The van der Waals surface area contributed by atoms with E-state index in [2.05, 4.69) is 4.90 Å². The van der Waals surface area contributed by atoms with Crippen LogP contribution in [0.3, 0.4) is 0 Å². The molecule has 2 aromatic rings. The third-order valence-corrected chi connectivity index (χ3v) is 4.87. The highest BCUT2D eigenvalue weighted by Gasteiger charge is 2.24. The van der Waals surface area contributed by atoms with Gasteiger partial charge in [0.15, 0.2) is 5.78 Å². The van der Waals surface area contributed by atoms with E-state index in [-0.39, 0.29) is 11.7 Å². The van der Waals surface area contributed by atoms with Crippen molar-refractivity contribution in [3.05, 3.63) is 64.7 Å². The van der Waals surface area contributed by atoms with Gasteiger partial charge in [0.1, 0.15) is 5.75 Å². The number of halogens is 1. The first-order chi connectivity index (χ1) is 12.6. The van der Waals surface area contributed by atoms with Gasteiger partial charge < -0.3 is 9.64 Å². The predicted octanol–water partition coefficient (Wildman–Crippen LogP) is 2.99. The summed E-state index contributed by atoms with van der Waals surface area (Å²) in [5, 5.41) is 0.467. The number of methoxy groups -OCH3 is 1. The standard InChI is InChI=1S/C20H21ClN2O3/c1-26-16-8-6-15(7-9-16)19(24)14-22-10-12-23(13-11-22)20(25)17-4-2-3-5-18(17)21/h2-9H,10-14H2,1H3. The summed E-state index contributed by atoms with van der Waals surface area (Å²) < 4.78 is 5.11. The zero-order chi connectivity index (χ0) is 18.5. The summed E-state index contributed by atoms with van der Waals surface area (Å²) in [5.41, 5.74) is 1.19. The van der Waals surface area contributed by atoms with Gasteiger partial charge in [-0.2, -0.15) is 0 Å². The van der Waals surface area contributed by atoms with Crippen molar-refractivity contribution in [3.63, 3.8) is 0 Å². The van der Waals surface area contributed by atoms with Gasteiger partial charge in [-0.25, -0.2) is 0 Å². The van der Waals surface area contributed by atoms with Gasteiger partial charge in [0.25, 0.3) is 5.91 Å². The lowest BCUT2D eigenvalue weighted by molar-refractivity contribution is 0.0624. The molecule has 26 heavy (non-hydrogen) atoms. The largest absolute Gasteiger partial charge is 0.497 e. The van der Waals surface area contributed by atoms with Crippen LogP contribution in [-0.2, 0) is 0 Å². The summed E-state index contributed by atoms with van der Waals surface area (Å²) in [6.45, 7) is 2.84. The van der Waals surface area contributed by atoms with Gasteiger partial charge in [-0.1, -0.05) is 23.7 Å². The Morgan fingerprint density at radius 2 is 1.65 bits per heavy atom. The van der Waals surface area contributed by atoms with Crippen LogP contribution in [0.4, 0.5) is 0 Å². The molecule has 0 spiro atoms. The SMILES string of the molecule is COc1ccc(C(=O)CN2CCN(C(=O)c3ccccc3Cl)CC2)cc1. The van der Waals surface area contributed by atoms with Gasteiger partial charge in [-0.3, -0.25) is 14.5 Å². The van der Waals surface area contributed by atoms with Crippen molar-refractivity contribution in [3.8, 4) is 5.75 Å². The highest BCUT2D eigenvalue weighted by atomic mass is 35.5. The molecule has 1 aliphatic rings. The summed E-state index contributed by atoms with van der Waals surface area (Å²) in [7, 11) is 1.60. The fraction of sp³-hybridized carbons (Fsp3) is 0.300. The van der Waals surface area contributed by atoms with Crippen molar-refractivity contribution in [2.24, 2.45) is 0 Å². The molecule has 0 aromatic heterocycles. The number of nitrogens with zero attached hydrogens (tertiary/aromatic N) is 2. The Balaban J connectivity index is 1.54. The Hall–Kier alpha value is -2.37. The molecule has 3 rings (SSSR count). The molecule has 6 heteroatoms. The maximum atomic E-state index is 12.6. The topological polar surface area (TPSA) is 49.9 Å². The van der Waals surface area contributed by atoms with Gasteiger partial charge in [0, 0.05) is 31.7 Å². The molecule has 2 aromatic carbocycles. The number of hydrogen-bond acceptors (Lipinski definition) is 4. The molecule has 1 amide bonds. The molecular formula is C20H21ClN2O3. The second kappa shape index (κ2) is 8.34. The van der Waals surface area contributed by atoms with E-state index in [1.54, 1.807) is 48.4 Å². The molecule has 0 aliphatic carbocycles. The summed E-state index contributed by atoms with van der Waals surface area (Å²) in [4.78, 5) is 28.8. The van der Waals surface area contributed by atoms with Crippen molar-refractivity contribution < 1.29 is 14.3 Å². The van der Waals surface area contributed by atoms with E-state index >= 15 is 0 Å². The van der Waals surface area contributed by atoms with Gasteiger partial charge in [0.2, 0.25) is 0 Å². The highest BCUT2D eigenvalue weighted by molar-refractivity contribution is 6.33. The van der Waals surface area contributed by atoms with Gasteiger partial charge in [-0.15, -0.1) is 0 Å². The normalized spacial score (nSPS) is 14.9. The molecule has 1 heterocycles. The van der Waals surface area contributed by atoms with Crippen LogP contribution in [0.2, 0.25) is 5.02 Å². The number of Topliss-reactive ketones (excluding diaryl/α,β-unsaturated/α-hetero) is 1. The maximum absolute atomic E-state index is 12.6. The van der Waals surface area contributed by atoms with Gasteiger partial charge in [0.05, 0.1) is 24.2 Å². The number of ether oxygens (including phenoxy) is 1. The highest BCUT2D eigenvalue weighted by Crippen LogP contribution is 2.18. The average Bonchev–Trinajstić information content (AvgIpc) is 2.68. The van der Waals surface area contributed by atoms with Crippen LogP contribution in [0.25, 0.3) is 0 Å². The quantitative estimate of drug-likeness (QED) is 0.757. The van der Waals surface area contributed by atoms with Crippen molar-refractivity contribution in [1.29, 1.82) is 0 Å². The lowest BCUT2D eigenvalue weighted by Crippen LogP contribution is -2.49. The van der Waals surface area contributed by atoms with Crippen LogP contribution >= 0.6 is 11.6 Å². The molecule has 136 valence electrons. The first-order valence-corrected chi connectivity index (χ1v) is 8.89. The number of benzene rings is 2. The van der Waals surface area contributed by atoms with Crippen LogP contribution in [0.5, 0.6) is 5.75 Å². The summed E-state index contributed by atoms with van der Waals surface area (Å²) in [6.07, 6.45) is 0. The fourth-order valence-corrected chi connectivity index (χ4v) is 3.20. The molecule has 0 radical (unpaired) electrons. The van der Waals surface area contributed by atoms with E-state index in [0.29, 0.717) is 48.9 Å². The maximum Gasteiger partial charge on any atom is 0.255 e. The van der Waals surface area contributed by atoms with E-state index in [4.69, 9.17) is 16.3 Å². The van der Waals surface area contributed by atoms with Crippen molar-refractivity contribution in [2.75, 3.05) is 39.8 Å². The number of carbonyl (C=O) groups is 2. The van der Waals surface area contributed by atoms with E-state index in [9.17, 15) is 9.59 Å². The number of ketones is 1. The second-order valence-electron chi connectivity index (χ2n) is 6.20. The third kappa shape index (κ3) is 4.23. The molecule has 0 bridgehead atoms. The Morgan fingerprint density at radius 1 is 1.00 bits per heavy atom. The summed E-state index contributed by atoms with van der Waals surface area (Å²) in [5.74, 6) is 0.739. The molecule has 1 fully saturated rings. The zero-order valence-corrected chi connectivity index (χ0v) is 15.4. The second-order valence-corrected chi connectivity index (χ2v) is 6.61. The molecular weight excluding hydrogens is 352 g/mol. The Labute approximate surface area is 158 Å². The third-order valence-electron chi connectivity index (χ3n) is 4.54. The summed E-state index contributed by atoms with van der Waals surface area (Å²) >= 11 is 6.11. The zero-order valence-electron chi connectivity index (χ0n) is 14.7. The first kappa shape index (κ1) is 18.4. The van der Waals surface area contributed by atoms with Crippen molar-refractivity contribution >= 4 is 23.3 Å². The van der Waals surface area contributed by atoms with E-state index < -0.39 is 0 Å². The number of amides is 1. The van der Waals surface area contributed by atoms with Crippen LogP contribution in [-0.4, -0.2) is 61.3 Å². The summed E-state index contributed by atoms with van der Waals surface area (Å²) in [6, 6.07) is 14.2. The smallest absolute Gasteiger partial charge is 0.255 e. The Morgan fingerprint density at radius 3 is 2.27 bits per heavy atom. The van der Waals surface area contributed by atoms with Crippen LogP contribution in [0.15, 0.2) is 48.5 Å². The fourth-order valence-electron chi connectivity index (χ4n) is 2.99. The van der Waals surface area contributed by atoms with E-state index in [0.717, 1.165) is 5.75 Å². The lowest BCUT2D eigenvalue weighted by atomic mass is 10.1. The molecule has 1 aliphatic heterocycles. The van der Waals surface area contributed by atoms with E-state index in [1.807, 2.05) is 12.1 Å². The minimum Gasteiger partial charge on any atom is -0.497 e. The van der Waals surface area contributed by atoms with Gasteiger partial charge in [-0.05, 0) is 36.4 Å². The molecule has 5 nitrogen and oxygen atoms in total. The molecule has 1 saturated heterocycles. The number of rotatable bonds is 5. The van der Waals surface area contributed by atoms with Crippen LogP contribution in [0.1, 0.15) is 20.7 Å². The monoisotopic (exact) mass is 372 g/mol. The van der Waals surface area contributed by atoms with Crippen LogP contribution in [0, 0.1) is 0 Å². The molecule has 0 N–H and O–H groups in total. The number of hydrogen-bond donors (Lipinski definition) is 0. The predicted molar refractivity (Wildman–Crippen MR) is 101 cm³/mol. The van der Waals surface area contributed by atoms with Crippen LogP contribution < -0.4 is 4.74 Å². The average molecular weight is 373 g/mol. The van der Waals surface area contributed by atoms with Crippen molar-refractivity contribution in [2.45, 2.75) is 0 Å². The minimum absolute atomic E-state index is 0.0586. The molecule has 0 unspecified atom stereocenters. The minimum atomic E-state index is -0.0586. The Kier molecular flexibility index (Phi) is 5.91. The molecule has 0 atom stereocenters. The van der Waals surface area contributed by atoms with Crippen molar-refractivity contribution in [1.82, 2.24) is 9.80 Å². The molecule has 0 saturated carbocycles. The van der Waals surface area contributed by atoms with E-state index in [1.165, 1.54) is 0 Å². The van der Waals surface area contributed by atoms with Gasteiger partial charge >= 0.3 is 0 Å². The first-order valence-electron chi connectivity index (χ1n) is 8.52. The Bertz CT molecular complexity index is 784.